The molecule has 3 unspecified atom stereocenters. The molecule has 0 aliphatic rings. The van der Waals surface area contributed by atoms with Gasteiger partial charge in [-0.3, -0.25) is 14.4 Å². The van der Waals surface area contributed by atoms with Gasteiger partial charge in [-0.05, 0) is 18.8 Å². The number of carbonyl (C=O) groups excluding carboxylic acids is 3. The lowest BCUT2D eigenvalue weighted by atomic mass is 10.0. The number of nitrogens with two attached hydrogens (primary N) is 1. The monoisotopic (exact) mass is 344 g/mol. The van der Waals surface area contributed by atoms with Gasteiger partial charge in [0.1, 0.15) is 12.1 Å². The van der Waals surface area contributed by atoms with E-state index in [4.69, 9.17) is 10.8 Å². The van der Waals surface area contributed by atoms with E-state index in [2.05, 4.69) is 16.0 Å². The maximum Gasteiger partial charge on any atom is 0.326 e. The first-order valence-electron chi connectivity index (χ1n) is 7.83. The van der Waals surface area contributed by atoms with Crippen molar-refractivity contribution in [1.29, 1.82) is 0 Å². The summed E-state index contributed by atoms with van der Waals surface area (Å²) in [5.41, 5.74) is 5.37. The quantitative estimate of drug-likeness (QED) is 0.355. The molecule has 0 bridgehead atoms. The molecule has 3 atom stereocenters. The van der Waals surface area contributed by atoms with Gasteiger partial charge in [0.05, 0.1) is 12.6 Å². The van der Waals surface area contributed by atoms with Crippen molar-refractivity contribution in [1.82, 2.24) is 16.0 Å². The lowest BCUT2D eigenvalue weighted by Crippen LogP contribution is -2.56. The molecule has 6 N–H and O–H groups in total. The predicted molar refractivity (Wildman–Crippen MR) is 87.8 cm³/mol. The van der Waals surface area contributed by atoms with E-state index in [0.29, 0.717) is 0 Å². The van der Waals surface area contributed by atoms with E-state index in [1.807, 2.05) is 0 Å². The average Bonchev–Trinajstić information content (AvgIpc) is 2.46. The molecule has 0 radical (unpaired) electrons. The molecular formula is C15H28N4O5. The maximum absolute atomic E-state index is 12.3. The highest BCUT2D eigenvalue weighted by atomic mass is 16.4. The molecule has 0 saturated carbocycles. The fraction of sp³-hybridized carbons (Fsp3) is 0.733. The van der Waals surface area contributed by atoms with Crippen molar-refractivity contribution in [2.45, 2.75) is 52.7 Å². The molecule has 0 heterocycles. The molecule has 0 spiro atoms. The zero-order valence-corrected chi connectivity index (χ0v) is 14.8. The molecule has 0 aromatic carbocycles. The van der Waals surface area contributed by atoms with Crippen molar-refractivity contribution in [3.63, 3.8) is 0 Å². The van der Waals surface area contributed by atoms with Crippen molar-refractivity contribution >= 4 is 23.7 Å². The van der Waals surface area contributed by atoms with Crippen LogP contribution in [-0.2, 0) is 19.2 Å². The van der Waals surface area contributed by atoms with Gasteiger partial charge in [-0.2, -0.15) is 0 Å². The Labute approximate surface area is 141 Å². The van der Waals surface area contributed by atoms with Gasteiger partial charge in [-0.15, -0.1) is 0 Å². The van der Waals surface area contributed by atoms with Gasteiger partial charge in [0.25, 0.3) is 0 Å². The van der Waals surface area contributed by atoms with E-state index in [0.717, 1.165) is 0 Å². The smallest absolute Gasteiger partial charge is 0.326 e. The van der Waals surface area contributed by atoms with Crippen LogP contribution in [0.1, 0.15) is 34.6 Å². The number of amides is 3. The van der Waals surface area contributed by atoms with Crippen molar-refractivity contribution in [3.8, 4) is 0 Å². The first kappa shape index (κ1) is 21.8. The predicted octanol–water partition coefficient (Wildman–Crippen LogP) is -1.18. The number of rotatable bonds is 9. The second-order valence-electron chi connectivity index (χ2n) is 6.36. The molecule has 0 rings (SSSR count). The minimum atomic E-state index is -1.14. The lowest BCUT2D eigenvalue weighted by Gasteiger charge is -2.25. The Morgan fingerprint density at radius 3 is 1.75 bits per heavy atom. The van der Waals surface area contributed by atoms with E-state index in [1.165, 1.54) is 6.92 Å². The Hall–Kier alpha value is -2.16. The Morgan fingerprint density at radius 2 is 1.38 bits per heavy atom. The maximum atomic E-state index is 12.3. The summed E-state index contributed by atoms with van der Waals surface area (Å²) in [6.45, 7) is 7.95. The van der Waals surface area contributed by atoms with Gasteiger partial charge in [0.15, 0.2) is 0 Å². The number of hydrogen-bond donors (Lipinski definition) is 5. The Morgan fingerprint density at radius 1 is 0.875 bits per heavy atom. The van der Waals surface area contributed by atoms with Crippen LogP contribution in [0.3, 0.4) is 0 Å². The Kier molecular flexibility index (Phi) is 8.97. The molecule has 0 aromatic rings. The highest BCUT2D eigenvalue weighted by Gasteiger charge is 2.30. The summed E-state index contributed by atoms with van der Waals surface area (Å²) in [6.07, 6.45) is 0. The van der Waals surface area contributed by atoms with Crippen molar-refractivity contribution < 1.29 is 24.3 Å². The van der Waals surface area contributed by atoms with Gasteiger partial charge in [-0.25, -0.2) is 4.79 Å². The summed E-state index contributed by atoms with van der Waals surface area (Å²) >= 11 is 0. The van der Waals surface area contributed by atoms with E-state index in [1.54, 1.807) is 27.7 Å². The van der Waals surface area contributed by atoms with Gasteiger partial charge in [0.2, 0.25) is 17.7 Å². The normalized spacial score (nSPS) is 14.7. The van der Waals surface area contributed by atoms with Crippen molar-refractivity contribution in [2.24, 2.45) is 17.6 Å². The summed E-state index contributed by atoms with van der Waals surface area (Å²) in [6, 6.07) is -2.71. The van der Waals surface area contributed by atoms with Crippen LogP contribution in [0.2, 0.25) is 0 Å². The minimum Gasteiger partial charge on any atom is -0.480 e. The molecule has 9 nitrogen and oxygen atoms in total. The van der Waals surface area contributed by atoms with Crippen LogP contribution in [0.4, 0.5) is 0 Å². The van der Waals surface area contributed by atoms with Crippen LogP contribution >= 0.6 is 0 Å². The third-order valence-corrected chi connectivity index (χ3v) is 3.33. The number of carboxylic acid groups (broad SMARTS) is 1. The van der Waals surface area contributed by atoms with E-state index >= 15 is 0 Å². The SMILES string of the molecule is CC(N)C(=O)NCC(=O)NC(C(=O)NC(C(=O)O)C(C)C)C(C)C. The summed E-state index contributed by atoms with van der Waals surface area (Å²) in [7, 11) is 0. The second kappa shape index (κ2) is 9.86. The number of carboxylic acids is 1. The molecule has 0 fully saturated rings. The van der Waals surface area contributed by atoms with Gasteiger partial charge in [0, 0.05) is 0 Å². The van der Waals surface area contributed by atoms with Crippen LogP contribution in [0.15, 0.2) is 0 Å². The highest BCUT2D eigenvalue weighted by Crippen LogP contribution is 2.06. The number of aliphatic carboxylic acids is 1. The van der Waals surface area contributed by atoms with Crippen molar-refractivity contribution in [3.05, 3.63) is 0 Å². The summed E-state index contributed by atoms with van der Waals surface area (Å²) in [5.74, 6) is -3.34. The number of carbonyl (C=O) groups is 4. The van der Waals surface area contributed by atoms with Crippen molar-refractivity contribution in [2.75, 3.05) is 6.54 Å². The summed E-state index contributed by atoms with van der Waals surface area (Å²) < 4.78 is 0. The molecule has 0 aliphatic carbocycles. The zero-order chi connectivity index (χ0) is 19.0. The molecule has 0 saturated heterocycles. The van der Waals surface area contributed by atoms with E-state index < -0.39 is 41.8 Å². The topological polar surface area (TPSA) is 151 Å². The molecule has 9 heteroatoms. The molecular weight excluding hydrogens is 316 g/mol. The van der Waals surface area contributed by atoms with Gasteiger partial charge >= 0.3 is 5.97 Å². The number of nitrogens with one attached hydrogen (secondary N) is 3. The largest absolute Gasteiger partial charge is 0.480 e. The van der Waals surface area contributed by atoms with Crippen LogP contribution < -0.4 is 21.7 Å². The van der Waals surface area contributed by atoms with Gasteiger partial charge < -0.3 is 26.8 Å². The van der Waals surface area contributed by atoms with E-state index in [-0.39, 0.29) is 18.4 Å². The third kappa shape index (κ3) is 7.40. The van der Waals surface area contributed by atoms with Crippen LogP contribution in [-0.4, -0.2) is 53.5 Å². The Balaban J connectivity index is 4.79. The lowest BCUT2D eigenvalue weighted by molar-refractivity contribution is -0.143. The molecule has 138 valence electrons. The molecule has 3 amide bonds. The molecule has 0 aromatic heterocycles. The van der Waals surface area contributed by atoms with Gasteiger partial charge in [-0.1, -0.05) is 27.7 Å². The zero-order valence-electron chi connectivity index (χ0n) is 14.8. The molecule has 0 aliphatic heterocycles. The standard InChI is InChI=1S/C15H28N4O5/c1-7(2)11(14(22)19-12(8(3)4)15(23)24)18-10(20)6-17-13(21)9(5)16/h7-9,11-12H,6,16H2,1-5H3,(H,17,21)(H,18,20)(H,19,22)(H,23,24). The van der Waals surface area contributed by atoms with Crippen LogP contribution in [0.25, 0.3) is 0 Å². The third-order valence-electron chi connectivity index (χ3n) is 3.33. The van der Waals surface area contributed by atoms with Crippen LogP contribution in [0, 0.1) is 11.8 Å². The second-order valence-corrected chi connectivity index (χ2v) is 6.36. The average molecular weight is 344 g/mol. The summed E-state index contributed by atoms with van der Waals surface area (Å²) in [5, 5.41) is 16.4. The van der Waals surface area contributed by atoms with Crippen LogP contribution in [0.5, 0.6) is 0 Å². The first-order chi connectivity index (χ1) is 11.0. The van der Waals surface area contributed by atoms with E-state index in [9.17, 15) is 19.2 Å². The fourth-order valence-corrected chi connectivity index (χ4v) is 1.84. The highest BCUT2D eigenvalue weighted by molar-refractivity contribution is 5.92. The first-order valence-corrected chi connectivity index (χ1v) is 7.83. The Bertz CT molecular complexity index is 476. The number of hydrogen-bond acceptors (Lipinski definition) is 5. The molecule has 24 heavy (non-hydrogen) atoms. The fourth-order valence-electron chi connectivity index (χ4n) is 1.84. The minimum absolute atomic E-state index is 0.264. The summed E-state index contributed by atoms with van der Waals surface area (Å²) in [4.78, 5) is 46.7.